The summed E-state index contributed by atoms with van der Waals surface area (Å²) in [6, 6.07) is 4.84. The van der Waals surface area contributed by atoms with Crippen molar-refractivity contribution in [3.05, 3.63) is 29.3 Å². The molecule has 1 fully saturated rings. The maximum Gasteiger partial charge on any atom is 0.254 e. The van der Waals surface area contributed by atoms with E-state index in [0.29, 0.717) is 11.3 Å². The summed E-state index contributed by atoms with van der Waals surface area (Å²) in [7, 11) is -3.01. The second-order valence-electron chi connectivity index (χ2n) is 5.04. The van der Waals surface area contributed by atoms with E-state index in [0.717, 1.165) is 5.56 Å². The number of amides is 1. The van der Waals surface area contributed by atoms with Gasteiger partial charge in [-0.1, -0.05) is 0 Å². The summed E-state index contributed by atoms with van der Waals surface area (Å²) >= 11 is 0. The number of hydrogen-bond acceptors (Lipinski definition) is 4. The van der Waals surface area contributed by atoms with Crippen LogP contribution in [0.25, 0.3) is 0 Å². The molecule has 6 heteroatoms. The van der Waals surface area contributed by atoms with Crippen molar-refractivity contribution in [1.82, 2.24) is 4.90 Å². The van der Waals surface area contributed by atoms with E-state index in [2.05, 4.69) is 0 Å². The predicted molar refractivity (Wildman–Crippen MR) is 74.7 cm³/mol. The van der Waals surface area contributed by atoms with Crippen molar-refractivity contribution in [2.24, 2.45) is 0 Å². The molecule has 1 amide bonds. The van der Waals surface area contributed by atoms with E-state index in [1.807, 2.05) is 6.92 Å². The summed E-state index contributed by atoms with van der Waals surface area (Å²) in [6.07, 6.45) is 0. The first-order valence-corrected chi connectivity index (χ1v) is 8.00. The third kappa shape index (κ3) is 2.89. The molecule has 0 aliphatic carbocycles. The maximum atomic E-state index is 12.4. The van der Waals surface area contributed by atoms with Crippen LogP contribution >= 0.6 is 0 Å². The average molecular weight is 282 g/mol. The summed E-state index contributed by atoms with van der Waals surface area (Å²) in [4.78, 5) is 14.1. The lowest BCUT2D eigenvalue weighted by Gasteiger charge is -2.33. The van der Waals surface area contributed by atoms with Gasteiger partial charge in [-0.05, 0) is 37.6 Å². The van der Waals surface area contributed by atoms with Crippen LogP contribution in [0, 0.1) is 6.92 Å². The van der Waals surface area contributed by atoms with Crippen molar-refractivity contribution >= 4 is 21.4 Å². The van der Waals surface area contributed by atoms with Gasteiger partial charge in [-0.15, -0.1) is 0 Å². The van der Waals surface area contributed by atoms with E-state index >= 15 is 0 Å². The molecule has 1 unspecified atom stereocenters. The lowest BCUT2D eigenvalue weighted by atomic mass is 10.1. The highest BCUT2D eigenvalue weighted by molar-refractivity contribution is 7.91. The summed E-state index contributed by atoms with van der Waals surface area (Å²) < 4.78 is 23.0. The number of nitrogens with zero attached hydrogens (tertiary/aromatic N) is 1. The SMILES string of the molecule is Cc1cc(N)ccc1C(=O)N1CCS(=O)(=O)CC1C. The molecule has 5 nitrogen and oxygen atoms in total. The van der Waals surface area contributed by atoms with Gasteiger partial charge in [0.25, 0.3) is 5.91 Å². The molecule has 1 saturated heterocycles. The number of rotatable bonds is 1. The summed E-state index contributed by atoms with van der Waals surface area (Å²) in [5.41, 5.74) is 7.67. The molecular formula is C13H18N2O3S. The number of sulfone groups is 1. The Morgan fingerprint density at radius 2 is 2.11 bits per heavy atom. The molecule has 1 aromatic carbocycles. The molecule has 0 radical (unpaired) electrons. The topological polar surface area (TPSA) is 80.5 Å². The minimum atomic E-state index is -3.01. The molecule has 2 N–H and O–H groups in total. The molecule has 104 valence electrons. The number of carbonyl (C=O) groups excluding carboxylic acids is 1. The van der Waals surface area contributed by atoms with Crippen LogP contribution in [0.15, 0.2) is 18.2 Å². The Kier molecular flexibility index (Phi) is 3.54. The van der Waals surface area contributed by atoms with E-state index in [1.54, 1.807) is 30.0 Å². The Balaban J connectivity index is 2.25. The van der Waals surface area contributed by atoms with Crippen molar-refractivity contribution in [2.75, 3.05) is 23.8 Å². The van der Waals surface area contributed by atoms with Crippen LogP contribution in [0.5, 0.6) is 0 Å². The first kappa shape index (κ1) is 13.9. The minimum absolute atomic E-state index is 0.0345. The Bertz CT molecular complexity index is 610. The van der Waals surface area contributed by atoms with Gasteiger partial charge >= 0.3 is 0 Å². The lowest BCUT2D eigenvalue weighted by molar-refractivity contribution is 0.0712. The molecule has 1 aliphatic heterocycles. The first-order valence-electron chi connectivity index (χ1n) is 6.18. The Morgan fingerprint density at radius 1 is 1.42 bits per heavy atom. The van der Waals surface area contributed by atoms with Crippen molar-refractivity contribution in [2.45, 2.75) is 19.9 Å². The molecule has 0 saturated carbocycles. The quantitative estimate of drug-likeness (QED) is 0.774. The van der Waals surface area contributed by atoms with Gasteiger partial charge in [0.05, 0.1) is 11.5 Å². The third-order valence-electron chi connectivity index (χ3n) is 3.41. The second-order valence-corrected chi connectivity index (χ2v) is 7.27. The van der Waals surface area contributed by atoms with Gasteiger partial charge in [0, 0.05) is 23.8 Å². The van der Waals surface area contributed by atoms with Crippen LogP contribution in [0.4, 0.5) is 5.69 Å². The van der Waals surface area contributed by atoms with Gasteiger partial charge in [-0.2, -0.15) is 0 Å². The summed E-state index contributed by atoms with van der Waals surface area (Å²) in [5, 5.41) is 0. The van der Waals surface area contributed by atoms with Gasteiger partial charge in [-0.3, -0.25) is 4.79 Å². The molecule has 2 rings (SSSR count). The third-order valence-corrected chi connectivity index (χ3v) is 5.21. The molecule has 1 heterocycles. The number of nitrogen functional groups attached to an aromatic ring is 1. The lowest BCUT2D eigenvalue weighted by Crippen LogP contribution is -2.49. The molecular weight excluding hydrogens is 264 g/mol. The van der Waals surface area contributed by atoms with Crippen LogP contribution in [0.2, 0.25) is 0 Å². The van der Waals surface area contributed by atoms with Gasteiger partial charge < -0.3 is 10.6 Å². The van der Waals surface area contributed by atoms with Crippen LogP contribution in [0.1, 0.15) is 22.8 Å². The highest BCUT2D eigenvalue weighted by atomic mass is 32.2. The molecule has 0 spiro atoms. The molecule has 1 aliphatic rings. The average Bonchev–Trinajstić information content (AvgIpc) is 2.26. The van der Waals surface area contributed by atoms with Crippen LogP contribution in [-0.2, 0) is 9.84 Å². The summed E-state index contributed by atoms with van der Waals surface area (Å²) in [5.74, 6) is -0.0518. The fourth-order valence-electron chi connectivity index (χ4n) is 2.38. The largest absolute Gasteiger partial charge is 0.399 e. The highest BCUT2D eigenvalue weighted by Gasteiger charge is 2.32. The Morgan fingerprint density at radius 3 is 2.68 bits per heavy atom. The van der Waals surface area contributed by atoms with Crippen LogP contribution in [0.3, 0.4) is 0 Å². The number of nitrogens with two attached hydrogens (primary N) is 1. The van der Waals surface area contributed by atoms with E-state index in [4.69, 9.17) is 5.73 Å². The molecule has 1 aromatic rings. The van der Waals surface area contributed by atoms with E-state index in [-0.39, 0.29) is 30.0 Å². The van der Waals surface area contributed by atoms with Gasteiger partial charge in [0.1, 0.15) is 0 Å². The zero-order chi connectivity index (χ0) is 14.2. The minimum Gasteiger partial charge on any atom is -0.399 e. The van der Waals surface area contributed by atoms with Crippen molar-refractivity contribution < 1.29 is 13.2 Å². The molecule has 1 atom stereocenters. The summed E-state index contributed by atoms with van der Waals surface area (Å²) in [6.45, 7) is 3.85. The normalized spacial score (nSPS) is 22.2. The number of hydrogen-bond donors (Lipinski definition) is 1. The van der Waals surface area contributed by atoms with Gasteiger partial charge in [0.15, 0.2) is 9.84 Å². The fraction of sp³-hybridized carbons (Fsp3) is 0.462. The monoisotopic (exact) mass is 282 g/mol. The number of anilines is 1. The van der Waals surface area contributed by atoms with Crippen LogP contribution < -0.4 is 5.73 Å². The van der Waals surface area contributed by atoms with E-state index in [1.165, 1.54) is 0 Å². The first-order chi connectivity index (χ1) is 8.80. The molecule has 0 aromatic heterocycles. The van der Waals surface area contributed by atoms with Crippen molar-refractivity contribution in [3.63, 3.8) is 0 Å². The zero-order valence-corrected chi connectivity index (χ0v) is 11.9. The molecule has 0 bridgehead atoms. The van der Waals surface area contributed by atoms with E-state index < -0.39 is 9.84 Å². The number of aryl methyl sites for hydroxylation is 1. The predicted octanol–water partition coefficient (Wildman–Crippen LogP) is 0.836. The zero-order valence-electron chi connectivity index (χ0n) is 11.1. The standard InChI is InChI=1S/C13H18N2O3S/c1-9-7-11(14)3-4-12(9)13(16)15-5-6-19(17,18)8-10(15)2/h3-4,7,10H,5-6,8,14H2,1-2H3. The second kappa shape index (κ2) is 4.85. The van der Waals surface area contributed by atoms with Gasteiger partial charge in [-0.25, -0.2) is 8.42 Å². The van der Waals surface area contributed by atoms with Crippen molar-refractivity contribution in [3.8, 4) is 0 Å². The van der Waals surface area contributed by atoms with Gasteiger partial charge in [0.2, 0.25) is 0 Å². The Labute approximate surface area is 113 Å². The fourth-order valence-corrected chi connectivity index (χ4v) is 3.94. The number of benzene rings is 1. The van der Waals surface area contributed by atoms with Crippen molar-refractivity contribution in [1.29, 1.82) is 0 Å². The molecule has 19 heavy (non-hydrogen) atoms. The maximum absolute atomic E-state index is 12.4. The smallest absolute Gasteiger partial charge is 0.254 e. The van der Waals surface area contributed by atoms with Crippen LogP contribution in [-0.4, -0.2) is 43.3 Å². The van der Waals surface area contributed by atoms with E-state index in [9.17, 15) is 13.2 Å². The Hall–Kier alpha value is -1.56. The number of carbonyl (C=O) groups is 1. The highest BCUT2D eigenvalue weighted by Crippen LogP contribution is 2.19.